The Morgan fingerprint density at radius 2 is 2.16 bits per heavy atom. The van der Waals surface area contributed by atoms with Gasteiger partial charge in [0.25, 0.3) is 0 Å². The van der Waals surface area contributed by atoms with Crippen molar-refractivity contribution in [1.29, 1.82) is 0 Å². The third kappa shape index (κ3) is 3.91. The zero-order valence-corrected chi connectivity index (χ0v) is 11.3. The maximum absolute atomic E-state index is 5.61. The van der Waals surface area contributed by atoms with Gasteiger partial charge in [-0.25, -0.2) is 15.0 Å². The number of hydrogen-bond donors (Lipinski definition) is 1. The fourth-order valence-corrected chi connectivity index (χ4v) is 1.62. The molecule has 0 radical (unpaired) electrons. The van der Waals surface area contributed by atoms with Gasteiger partial charge in [0.2, 0.25) is 5.88 Å². The van der Waals surface area contributed by atoms with Crippen LogP contribution < -0.4 is 10.1 Å². The van der Waals surface area contributed by atoms with Crippen LogP contribution in [-0.2, 0) is 6.54 Å². The Morgan fingerprint density at radius 3 is 2.95 bits per heavy atom. The van der Waals surface area contributed by atoms with Crippen molar-refractivity contribution in [2.45, 2.75) is 26.8 Å². The molecule has 2 aromatic rings. The second-order valence-corrected chi connectivity index (χ2v) is 4.21. The Labute approximate surface area is 113 Å². The number of aromatic nitrogens is 3. The number of anilines is 1. The Kier molecular flexibility index (Phi) is 4.66. The van der Waals surface area contributed by atoms with E-state index in [9.17, 15) is 0 Å². The molecule has 100 valence electrons. The zero-order valence-electron chi connectivity index (χ0n) is 11.3. The minimum atomic E-state index is 0.628. The van der Waals surface area contributed by atoms with Crippen molar-refractivity contribution >= 4 is 5.82 Å². The largest absolute Gasteiger partial charge is 0.477 e. The van der Waals surface area contributed by atoms with Crippen molar-refractivity contribution in [3.05, 3.63) is 42.0 Å². The molecule has 0 aliphatic carbocycles. The summed E-state index contributed by atoms with van der Waals surface area (Å²) >= 11 is 0. The van der Waals surface area contributed by atoms with Crippen LogP contribution in [0.15, 0.2) is 30.7 Å². The van der Waals surface area contributed by atoms with Gasteiger partial charge in [-0.2, -0.15) is 0 Å². The van der Waals surface area contributed by atoms with E-state index in [2.05, 4.69) is 27.2 Å². The van der Waals surface area contributed by atoms with Crippen molar-refractivity contribution in [3.8, 4) is 5.88 Å². The van der Waals surface area contributed by atoms with E-state index in [1.807, 2.05) is 25.1 Å². The fourth-order valence-electron chi connectivity index (χ4n) is 1.62. The first-order chi connectivity index (χ1) is 9.29. The van der Waals surface area contributed by atoms with Crippen LogP contribution >= 0.6 is 0 Å². The number of pyridine rings is 1. The summed E-state index contributed by atoms with van der Waals surface area (Å²) in [7, 11) is 0. The normalized spacial score (nSPS) is 10.2. The molecule has 0 aliphatic rings. The molecule has 1 N–H and O–H groups in total. The highest BCUT2D eigenvalue weighted by Crippen LogP contribution is 2.16. The molecule has 0 unspecified atom stereocenters. The van der Waals surface area contributed by atoms with E-state index >= 15 is 0 Å². The van der Waals surface area contributed by atoms with Gasteiger partial charge in [0.05, 0.1) is 6.61 Å². The molecule has 0 amide bonds. The number of nitrogens with one attached hydrogen (secondary N) is 1. The van der Waals surface area contributed by atoms with E-state index in [1.54, 1.807) is 12.5 Å². The van der Waals surface area contributed by atoms with Crippen LogP contribution in [0.5, 0.6) is 5.88 Å². The van der Waals surface area contributed by atoms with Crippen molar-refractivity contribution in [3.63, 3.8) is 0 Å². The molecule has 2 aromatic heterocycles. The third-order valence-corrected chi connectivity index (χ3v) is 2.56. The first kappa shape index (κ1) is 13.3. The Hall–Kier alpha value is -2.17. The number of nitrogens with zero attached hydrogens (tertiary/aromatic N) is 3. The Morgan fingerprint density at radius 1 is 1.26 bits per heavy atom. The highest BCUT2D eigenvalue weighted by atomic mass is 16.5. The standard InChI is InChI=1S/C14H18N4O/c1-3-7-19-14-12(5-4-6-15-14)9-16-13-8-11(2)17-10-18-13/h4-6,8,10H,3,7,9H2,1-2H3,(H,16,17,18). The average molecular weight is 258 g/mol. The van der Waals surface area contributed by atoms with E-state index in [4.69, 9.17) is 4.74 Å². The van der Waals surface area contributed by atoms with Gasteiger partial charge in [0.15, 0.2) is 0 Å². The van der Waals surface area contributed by atoms with Crippen LogP contribution in [0.1, 0.15) is 24.6 Å². The third-order valence-electron chi connectivity index (χ3n) is 2.56. The van der Waals surface area contributed by atoms with Crippen molar-refractivity contribution in [2.75, 3.05) is 11.9 Å². The number of hydrogen-bond acceptors (Lipinski definition) is 5. The lowest BCUT2D eigenvalue weighted by Gasteiger charge is -2.10. The second-order valence-electron chi connectivity index (χ2n) is 4.21. The molecule has 5 nitrogen and oxygen atoms in total. The van der Waals surface area contributed by atoms with Crippen LogP contribution in [0.4, 0.5) is 5.82 Å². The van der Waals surface area contributed by atoms with Gasteiger partial charge in [0, 0.05) is 30.1 Å². The summed E-state index contributed by atoms with van der Waals surface area (Å²) in [5, 5.41) is 3.25. The van der Waals surface area contributed by atoms with Gasteiger partial charge in [0.1, 0.15) is 12.1 Å². The summed E-state index contributed by atoms with van der Waals surface area (Å²) in [6.45, 7) is 5.32. The molecular formula is C14H18N4O. The quantitative estimate of drug-likeness (QED) is 0.863. The Bertz CT molecular complexity index is 530. The predicted molar refractivity (Wildman–Crippen MR) is 74.1 cm³/mol. The molecule has 0 aromatic carbocycles. The van der Waals surface area contributed by atoms with Crippen molar-refractivity contribution < 1.29 is 4.74 Å². The summed E-state index contributed by atoms with van der Waals surface area (Å²) in [5.74, 6) is 1.49. The zero-order chi connectivity index (χ0) is 13.5. The molecule has 0 aliphatic heterocycles. The summed E-state index contributed by atoms with van der Waals surface area (Å²) in [5.41, 5.74) is 1.96. The van der Waals surface area contributed by atoms with Crippen LogP contribution in [0.25, 0.3) is 0 Å². The van der Waals surface area contributed by atoms with Gasteiger partial charge in [-0.15, -0.1) is 0 Å². The number of ether oxygens (including phenoxy) is 1. The predicted octanol–water partition coefficient (Wildman–Crippen LogP) is 2.58. The molecule has 0 saturated carbocycles. The highest BCUT2D eigenvalue weighted by Gasteiger charge is 2.04. The maximum atomic E-state index is 5.61. The van der Waals surface area contributed by atoms with Gasteiger partial charge in [-0.3, -0.25) is 0 Å². The first-order valence-corrected chi connectivity index (χ1v) is 6.39. The minimum Gasteiger partial charge on any atom is -0.477 e. The first-order valence-electron chi connectivity index (χ1n) is 6.39. The van der Waals surface area contributed by atoms with Crippen molar-refractivity contribution in [1.82, 2.24) is 15.0 Å². The lowest BCUT2D eigenvalue weighted by molar-refractivity contribution is 0.302. The molecule has 2 heterocycles. The second kappa shape index (κ2) is 6.68. The average Bonchev–Trinajstić information content (AvgIpc) is 2.44. The smallest absolute Gasteiger partial charge is 0.218 e. The minimum absolute atomic E-state index is 0.628. The summed E-state index contributed by atoms with van der Waals surface area (Å²) < 4.78 is 5.61. The molecule has 0 fully saturated rings. The molecule has 0 saturated heterocycles. The summed E-state index contributed by atoms with van der Waals surface area (Å²) in [6.07, 6.45) is 4.26. The van der Waals surface area contributed by atoms with Gasteiger partial charge >= 0.3 is 0 Å². The van der Waals surface area contributed by atoms with Gasteiger partial charge < -0.3 is 10.1 Å². The number of rotatable bonds is 6. The van der Waals surface area contributed by atoms with Gasteiger partial charge in [-0.05, 0) is 19.4 Å². The topological polar surface area (TPSA) is 59.9 Å². The highest BCUT2D eigenvalue weighted by molar-refractivity contribution is 5.37. The molecular weight excluding hydrogens is 240 g/mol. The van der Waals surface area contributed by atoms with E-state index in [0.717, 1.165) is 23.5 Å². The summed E-state index contributed by atoms with van der Waals surface area (Å²) in [4.78, 5) is 12.5. The molecule has 5 heteroatoms. The molecule has 2 rings (SSSR count). The van der Waals surface area contributed by atoms with E-state index < -0.39 is 0 Å². The SMILES string of the molecule is CCCOc1ncccc1CNc1cc(C)ncn1. The summed E-state index contributed by atoms with van der Waals surface area (Å²) in [6, 6.07) is 5.81. The lowest BCUT2D eigenvalue weighted by atomic mass is 10.2. The monoisotopic (exact) mass is 258 g/mol. The van der Waals surface area contributed by atoms with Crippen LogP contribution in [0.2, 0.25) is 0 Å². The molecule has 0 spiro atoms. The molecule has 0 bridgehead atoms. The van der Waals surface area contributed by atoms with Crippen molar-refractivity contribution in [2.24, 2.45) is 0 Å². The van der Waals surface area contributed by atoms with Crippen LogP contribution in [-0.4, -0.2) is 21.6 Å². The Balaban J connectivity index is 2.02. The molecule has 0 atom stereocenters. The van der Waals surface area contributed by atoms with E-state index in [-0.39, 0.29) is 0 Å². The fraction of sp³-hybridized carbons (Fsp3) is 0.357. The van der Waals surface area contributed by atoms with Crippen LogP contribution in [0.3, 0.4) is 0 Å². The van der Waals surface area contributed by atoms with E-state index in [1.165, 1.54) is 0 Å². The van der Waals surface area contributed by atoms with Gasteiger partial charge in [-0.1, -0.05) is 13.0 Å². The van der Waals surface area contributed by atoms with Crippen LogP contribution in [0, 0.1) is 6.92 Å². The van der Waals surface area contributed by atoms with E-state index in [0.29, 0.717) is 19.0 Å². The number of aryl methyl sites for hydroxylation is 1. The maximum Gasteiger partial charge on any atom is 0.218 e. The lowest BCUT2D eigenvalue weighted by Crippen LogP contribution is -2.06. The molecule has 19 heavy (non-hydrogen) atoms.